The molecular formula is C7H7N3O2. The van der Waals surface area contributed by atoms with Crippen LogP contribution in [0.2, 0.25) is 0 Å². The van der Waals surface area contributed by atoms with E-state index in [0.717, 1.165) is 0 Å². The number of carboxylic acid groups (broad SMARTS) is 1. The van der Waals surface area contributed by atoms with Gasteiger partial charge in [-0.1, -0.05) is 0 Å². The molecule has 5 heteroatoms. The number of carbonyl (C=O) groups is 1. The highest BCUT2D eigenvalue weighted by Crippen LogP contribution is 2.09. The number of hydrogen-bond acceptors (Lipinski definition) is 2. The number of carboxylic acids is 1. The standard InChI is InChI=1S/C7H7N3O2/c1-9-2-3-10-6(9)5(4-8-10)7(11)12/h2-4H,1H3,(H,11,12). The first-order chi connectivity index (χ1) is 5.70. The van der Waals surface area contributed by atoms with Crippen LogP contribution >= 0.6 is 0 Å². The molecule has 0 fully saturated rings. The van der Waals surface area contributed by atoms with Crippen molar-refractivity contribution in [2.45, 2.75) is 0 Å². The molecular weight excluding hydrogens is 158 g/mol. The van der Waals surface area contributed by atoms with Crippen LogP contribution in [0.5, 0.6) is 0 Å². The zero-order valence-electron chi connectivity index (χ0n) is 6.43. The Kier molecular flexibility index (Phi) is 1.21. The minimum Gasteiger partial charge on any atom is -0.477 e. The van der Waals surface area contributed by atoms with E-state index >= 15 is 0 Å². The SMILES string of the molecule is Cn1ccn2ncc(C(=O)O)c12. The Morgan fingerprint density at radius 2 is 2.33 bits per heavy atom. The molecule has 2 heterocycles. The van der Waals surface area contributed by atoms with E-state index in [0.29, 0.717) is 5.65 Å². The molecule has 12 heavy (non-hydrogen) atoms. The van der Waals surface area contributed by atoms with Gasteiger partial charge < -0.3 is 9.67 Å². The van der Waals surface area contributed by atoms with Gasteiger partial charge in [0.2, 0.25) is 0 Å². The van der Waals surface area contributed by atoms with E-state index in [1.165, 1.54) is 10.7 Å². The van der Waals surface area contributed by atoms with Gasteiger partial charge in [-0.15, -0.1) is 0 Å². The van der Waals surface area contributed by atoms with Crippen LogP contribution in [0, 0.1) is 0 Å². The fourth-order valence-electron chi connectivity index (χ4n) is 1.20. The van der Waals surface area contributed by atoms with Crippen LogP contribution in [0.3, 0.4) is 0 Å². The Labute approximate surface area is 67.8 Å². The number of fused-ring (bicyclic) bond motifs is 1. The third-order valence-corrected chi connectivity index (χ3v) is 1.77. The van der Waals surface area contributed by atoms with Gasteiger partial charge in [-0.2, -0.15) is 5.10 Å². The fourth-order valence-corrected chi connectivity index (χ4v) is 1.20. The van der Waals surface area contributed by atoms with Gasteiger partial charge in [0, 0.05) is 19.4 Å². The maximum absolute atomic E-state index is 10.7. The first-order valence-electron chi connectivity index (χ1n) is 3.42. The number of imidazole rings is 1. The molecule has 1 N–H and O–H groups in total. The van der Waals surface area contributed by atoms with Gasteiger partial charge in [0.15, 0.2) is 0 Å². The van der Waals surface area contributed by atoms with Crippen LogP contribution in [0.1, 0.15) is 10.4 Å². The summed E-state index contributed by atoms with van der Waals surface area (Å²) in [6.07, 6.45) is 4.81. The molecule has 0 spiro atoms. The Morgan fingerprint density at radius 3 is 3.00 bits per heavy atom. The minimum absolute atomic E-state index is 0.225. The molecule has 0 amide bonds. The van der Waals surface area contributed by atoms with E-state index in [-0.39, 0.29) is 5.56 Å². The third kappa shape index (κ3) is 0.730. The van der Waals surface area contributed by atoms with Gasteiger partial charge in [0.1, 0.15) is 11.2 Å². The first-order valence-corrected chi connectivity index (χ1v) is 3.42. The molecule has 2 aromatic rings. The topological polar surface area (TPSA) is 59.5 Å². The smallest absolute Gasteiger partial charge is 0.341 e. The van der Waals surface area contributed by atoms with Crippen molar-refractivity contribution < 1.29 is 9.90 Å². The molecule has 2 aromatic heterocycles. The summed E-state index contributed by atoms with van der Waals surface area (Å²) < 4.78 is 3.25. The fraction of sp³-hybridized carbons (Fsp3) is 0.143. The van der Waals surface area contributed by atoms with E-state index in [1.54, 1.807) is 24.0 Å². The van der Waals surface area contributed by atoms with Gasteiger partial charge >= 0.3 is 5.97 Å². The molecule has 0 bridgehead atoms. The lowest BCUT2D eigenvalue weighted by Gasteiger charge is -1.91. The largest absolute Gasteiger partial charge is 0.477 e. The molecule has 0 radical (unpaired) electrons. The second-order valence-corrected chi connectivity index (χ2v) is 2.54. The normalized spacial score (nSPS) is 10.8. The van der Waals surface area contributed by atoms with E-state index in [9.17, 15) is 4.79 Å². The molecule has 0 atom stereocenters. The molecule has 0 unspecified atom stereocenters. The van der Waals surface area contributed by atoms with E-state index in [1.807, 2.05) is 0 Å². The Balaban J connectivity index is 2.83. The second-order valence-electron chi connectivity index (χ2n) is 2.54. The lowest BCUT2D eigenvalue weighted by Crippen LogP contribution is -1.98. The zero-order chi connectivity index (χ0) is 8.72. The van der Waals surface area contributed by atoms with Crippen molar-refractivity contribution in [1.82, 2.24) is 14.2 Å². The van der Waals surface area contributed by atoms with Gasteiger partial charge in [0.25, 0.3) is 0 Å². The number of nitrogens with zero attached hydrogens (tertiary/aromatic N) is 3. The number of aryl methyl sites for hydroxylation is 1. The lowest BCUT2D eigenvalue weighted by atomic mass is 10.3. The Morgan fingerprint density at radius 1 is 1.58 bits per heavy atom. The monoisotopic (exact) mass is 165 g/mol. The molecule has 0 saturated heterocycles. The van der Waals surface area contributed by atoms with Gasteiger partial charge in [-0.25, -0.2) is 9.31 Å². The highest BCUT2D eigenvalue weighted by Gasteiger charge is 2.12. The van der Waals surface area contributed by atoms with Gasteiger partial charge in [0.05, 0.1) is 6.20 Å². The van der Waals surface area contributed by atoms with Crippen LogP contribution < -0.4 is 0 Å². The number of aromatic carboxylic acids is 1. The molecule has 2 rings (SSSR count). The quantitative estimate of drug-likeness (QED) is 0.664. The third-order valence-electron chi connectivity index (χ3n) is 1.77. The highest BCUT2D eigenvalue weighted by atomic mass is 16.4. The van der Waals surface area contributed by atoms with Crippen LogP contribution in [0.25, 0.3) is 5.65 Å². The van der Waals surface area contributed by atoms with Crippen LogP contribution in [-0.4, -0.2) is 25.3 Å². The van der Waals surface area contributed by atoms with E-state index in [2.05, 4.69) is 5.10 Å². The molecule has 0 aromatic carbocycles. The molecule has 0 aliphatic heterocycles. The summed E-state index contributed by atoms with van der Waals surface area (Å²) in [5.41, 5.74) is 0.824. The number of aromatic nitrogens is 3. The Bertz CT molecular complexity index is 440. The molecule has 62 valence electrons. The maximum Gasteiger partial charge on any atom is 0.341 e. The Hall–Kier alpha value is -1.78. The molecule has 0 aliphatic carbocycles. The van der Waals surface area contributed by atoms with Crippen molar-refractivity contribution >= 4 is 11.6 Å². The van der Waals surface area contributed by atoms with E-state index < -0.39 is 5.97 Å². The van der Waals surface area contributed by atoms with Crippen molar-refractivity contribution in [3.05, 3.63) is 24.2 Å². The van der Waals surface area contributed by atoms with Gasteiger partial charge in [-0.05, 0) is 0 Å². The average molecular weight is 165 g/mol. The van der Waals surface area contributed by atoms with Crippen molar-refractivity contribution in [2.75, 3.05) is 0 Å². The van der Waals surface area contributed by atoms with Crippen molar-refractivity contribution in [2.24, 2.45) is 7.05 Å². The summed E-state index contributed by atoms with van der Waals surface area (Å²) in [7, 11) is 1.78. The zero-order valence-corrected chi connectivity index (χ0v) is 6.43. The predicted octanol–water partition coefficient (Wildman–Crippen LogP) is 0.371. The number of rotatable bonds is 1. The molecule has 0 aliphatic rings. The van der Waals surface area contributed by atoms with Crippen LogP contribution in [0.4, 0.5) is 0 Å². The summed E-state index contributed by atoms with van der Waals surface area (Å²) in [6, 6.07) is 0. The van der Waals surface area contributed by atoms with E-state index in [4.69, 9.17) is 5.11 Å². The highest BCUT2D eigenvalue weighted by molar-refractivity contribution is 5.94. The average Bonchev–Trinajstić information content (AvgIpc) is 2.53. The van der Waals surface area contributed by atoms with Crippen molar-refractivity contribution in [1.29, 1.82) is 0 Å². The molecule has 5 nitrogen and oxygen atoms in total. The minimum atomic E-state index is -0.952. The summed E-state index contributed by atoms with van der Waals surface area (Å²) >= 11 is 0. The summed E-state index contributed by atoms with van der Waals surface area (Å²) in [5.74, 6) is -0.952. The van der Waals surface area contributed by atoms with Gasteiger partial charge in [-0.3, -0.25) is 0 Å². The van der Waals surface area contributed by atoms with Crippen LogP contribution in [0.15, 0.2) is 18.6 Å². The van der Waals surface area contributed by atoms with Crippen molar-refractivity contribution in [3.63, 3.8) is 0 Å². The summed E-state index contributed by atoms with van der Waals surface area (Å²) in [5, 5.41) is 12.6. The molecule has 0 saturated carbocycles. The summed E-state index contributed by atoms with van der Waals surface area (Å²) in [4.78, 5) is 10.7. The lowest BCUT2D eigenvalue weighted by molar-refractivity contribution is 0.0698. The van der Waals surface area contributed by atoms with Crippen molar-refractivity contribution in [3.8, 4) is 0 Å². The van der Waals surface area contributed by atoms with Crippen LogP contribution in [-0.2, 0) is 7.05 Å². The first kappa shape index (κ1) is 6.90. The second kappa shape index (κ2) is 2.10. The summed E-state index contributed by atoms with van der Waals surface area (Å²) in [6.45, 7) is 0. The predicted molar refractivity (Wildman–Crippen MR) is 41.1 cm³/mol. The maximum atomic E-state index is 10.7. The number of hydrogen-bond donors (Lipinski definition) is 1.